The lowest BCUT2D eigenvalue weighted by Crippen LogP contribution is -1.68. The van der Waals surface area contributed by atoms with E-state index < -0.39 is 0 Å². The van der Waals surface area contributed by atoms with Gasteiger partial charge in [-0.25, -0.2) is 0 Å². The van der Waals surface area contributed by atoms with Gasteiger partial charge >= 0.3 is 0 Å². The van der Waals surface area contributed by atoms with Crippen molar-refractivity contribution in [3.8, 4) is 0 Å². The van der Waals surface area contributed by atoms with Gasteiger partial charge in [-0.2, -0.15) is 0 Å². The minimum absolute atomic E-state index is 1.03. The predicted octanol–water partition coefficient (Wildman–Crippen LogP) is 4.20. The fourth-order valence-corrected chi connectivity index (χ4v) is 1.06. The Bertz CT molecular complexity index is 181. The van der Waals surface area contributed by atoms with Crippen LogP contribution in [-0.2, 0) is 0 Å². The Morgan fingerprint density at radius 1 is 1.18 bits per heavy atom. The topological polar surface area (TPSA) is 0 Å². The number of rotatable bonds is 3. The van der Waals surface area contributed by atoms with Gasteiger partial charge < -0.3 is 0 Å². The summed E-state index contributed by atoms with van der Waals surface area (Å²) in [5.74, 6) is 0. The second kappa shape index (κ2) is 6.41. The molecule has 0 rings (SSSR count). The van der Waals surface area contributed by atoms with Gasteiger partial charge in [-0.1, -0.05) is 45.3 Å². The maximum atomic E-state index is 3.23. The molecule has 0 nitrogen and oxygen atoms in total. The monoisotopic (exact) mass is 214 g/mol. The molecule has 11 heavy (non-hydrogen) atoms. The van der Waals surface area contributed by atoms with Gasteiger partial charge in [-0.05, 0) is 32.2 Å². The fraction of sp³-hybridized carbons (Fsp3) is 0.400. The van der Waals surface area contributed by atoms with Crippen LogP contribution in [0.5, 0.6) is 0 Å². The Kier molecular flexibility index (Phi) is 6.24. The average Bonchev–Trinajstić information content (AvgIpc) is 1.87. The lowest BCUT2D eigenvalue weighted by atomic mass is 10.2. The molecule has 0 N–H and O–H groups in total. The molecular formula is C10H15Br. The summed E-state index contributed by atoms with van der Waals surface area (Å²) >= 11 is 3.23. The molecule has 0 spiro atoms. The highest BCUT2D eigenvalue weighted by Crippen LogP contribution is 2.01. The van der Waals surface area contributed by atoms with E-state index in [9.17, 15) is 0 Å². The molecule has 0 aromatic heterocycles. The van der Waals surface area contributed by atoms with Gasteiger partial charge in [0.1, 0.15) is 0 Å². The highest BCUT2D eigenvalue weighted by Gasteiger charge is 1.79. The van der Waals surface area contributed by atoms with Gasteiger partial charge in [0.15, 0.2) is 0 Å². The van der Waals surface area contributed by atoms with Crippen molar-refractivity contribution in [1.82, 2.24) is 0 Å². The van der Waals surface area contributed by atoms with Crippen molar-refractivity contribution < 1.29 is 0 Å². The van der Waals surface area contributed by atoms with Gasteiger partial charge in [-0.15, -0.1) is 0 Å². The summed E-state index contributed by atoms with van der Waals surface area (Å²) < 4.78 is 0. The highest BCUT2D eigenvalue weighted by atomic mass is 79.9. The van der Waals surface area contributed by atoms with Crippen molar-refractivity contribution in [2.24, 2.45) is 0 Å². The van der Waals surface area contributed by atoms with Crippen LogP contribution < -0.4 is 0 Å². The van der Waals surface area contributed by atoms with Crippen LogP contribution in [0.1, 0.15) is 27.2 Å². The third-order valence-electron chi connectivity index (χ3n) is 1.29. The summed E-state index contributed by atoms with van der Waals surface area (Å²) in [6, 6.07) is 0. The van der Waals surface area contributed by atoms with Crippen LogP contribution in [0.4, 0.5) is 0 Å². The summed E-state index contributed by atoms with van der Waals surface area (Å²) in [4.78, 5) is 1.88. The molecule has 0 aliphatic carbocycles. The van der Waals surface area contributed by atoms with E-state index in [0.717, 1.165) is 6.42 Å². The Labute approximate surface area is 77.8 Å². The Hall–Kier alpha value is -0.300. The van der Waals surface area contributed by atoms with Crippen LogP contribution in [0.15, 0.2) is 34.4 Å². The molecular weight excluding hydrogens is 200 g/mol. The first kappa shape index (κ1) is 10.7. The van der Waals surface area contributed by atoms with Crippen molar-refractivity contribution >= 4 is 15.9 Å². The smallest absolute Gasteiger partial charge is 0.0161 e. The van der Waals surface area contributed by atoms with E-state index in [1.165, 1.54) is 11.1 Å². The molecule has 0 aromatic carbocycles. The molecule has 0 aromatic rings. The zero-order valence-electron chi connectivity index (χ0n) is 7.39. The molecule has 0 saturated heterocycles. The molecule has 1 heteroatoms. The molecule has 0 aliphatic heterocycles. The van der Waals surface area contributed by atoms with Crippen LogP contribution in [0.3, 0.4) is 0 Å². The lowest BCUT2D eigenvalue weighted by molar-refractivity contribution is 1.26. The molecule has 0 atom stereocenters. The molecule has 0 bridgehead atoms. The predicted molar refractivity (Wildman–Crippen MR) is 55.9 cm³/mol. The van der Waals surface area contributed by atoms with Crippen molar-refractivity contribution in [1.29, 1.82) is 0 Å². The molecule has 0 heterocycles. The second-order valence-corrected chi connectivity index (χ2v) is 3.29. The molecule has 62 valence electrons. The van der Waals surface area contributed by atoms with E-state index in [4.69, 9.17) is 0 Å². The van der Waals surface area contributed by atoms with Gasteiger partial charge in [0, 0.05) is 0 Å². The lowest BCUT2D eigenvalue weighted by Gasteiger charge is -1.89. The third-order valence-corrected chi connectivity index (χ3v) is 1.56. The molecule has 0 aliphatic rings. The zero-order chi connectivity index (χ0) is 8.69. The molecule has 0 amide bonds. The van der Waals surface area contributed by atoms with Gasteiger partial charge in [0.05, 0.1) is 0 Å². The summed E-state index contributed by atoms with van der Waals surface area (Å²) in [6.45, 7) is 6.32. The van der Waals surface area contributed by atoms with Crippen LogP contribution in [0.25, 0.3) is 0 Å². The minimum atomic E-state index is 1.03. The van der Waals surface area contributed by atoms with E-state index in [-0.39, 0.29) is 0 Å². The number of hydrogen-bond acceptors (Lipinski definition) is 0. The fourth-order valence-electron chi connectivity index (χ4n) is 0.648. The van der Waals surface area contributed by atoms with E-state index in [0.29, 0.717) is 0 Å². The maximum Gasteiger partial charge on any atom is -0.0161 e. The minimum Gasteiger partial charge on any atom is -0.0821 e. The van der Waals surface area contributed by atoms with Gasteiger partial charge in [0.25, 0.3) is 0 Å². The zero-order valence-corrected chi connectivity index (χ0v) is 8.98. The number of halogens is 1. The summed E-state index contributed by atoms with van der Waals surface area (Å²) in [7, 11) is 0. The van der Waals surface area contributed by atoms with E-state index >= 15 is 0 Å². The van der Waals surface area contributed by atoms with Crippen LogP contribution in [0.2, 0.25) is 0 Å². The van der Waals surface area contributed by atoms with Gasteiger partial charge in [-0.3, -0.25) is 0 Å². The molecule has 0 saturated carbocycles. The van der Waals surface area contributed by atoms with Crippen molar-refractivity contribution in [2.45, 2.75) is 27.2 Å². The maximum absolute atomic E-state index is 3.23. The van der Waals surface area contributed by atoms with E-state index in [2.05, 4.69) is 48.9 Å². The normalized spacial score (nSPS) is 12.2. The Morgan fingerprint density at radius 3 is 2.27 bits per heavy atom. The molecule has 0 radical (unpaired) electrons. The van der Waals surface area contributed by atoms with Crippen molar-refractivity contribution in [3.63, 3.8) is 0 Å². The molecule has 0 fully saturated rings. The summed E-state index contributed by atoms with van der Waals surface area (Å²) in [5.41, 5.74) is 2.66. The highest BCUT2D eigenvalue weighted by molar-refractivity contribution is 9.11. The van der Waals surface area contributed by atoms with Crippen LogP contribution in [0, 0.1) is 0 Å². The average molecular weight is 215 g/mol. The Balaban J connectivity index is 3.83. The Morgan fingerprint density at radius 2 is 1.82 bits per heavy atom. The summed E-state index contributed by atoms with van der Waals surface area (Å²) in [5, 5.41) is 0. The summed E-state index contributed by atoms with van der Waals surface area (Å²) in [6.07, 6.45) is 7.49. The van der Waals surface area contributed by atoms with Gasteiger partial charge in [0.2, 0.25) is 0 Å². The SMILES string of the molecule is CC(C)=CC/C=C(C)/C=C/Br. The first-order valence-electron chi connectivity index (χ1n) is 3.73. The van der Waals surface area contributed by atoms with E-state index in [1.54, 1.807) is 0 Å². The standard InChI is InChI=1S/C10H15Br/c1-9(2)5-4-6-10(3)7-8-11/h5-8H,4H2,1-3H3/b8-7+,10-6+. The largest absolute Gasteiger partial charge is 0.0821 e. The van der Waals surface area contributed by atoms with Crippen molar-refractivity contribution in [3.05, 3.63) is 34.4 Å². The first-order chi connectivity index (χ1) is 5.16. The number of allylic oxidation sites excluding steroid dienone is 5. The third kappa shape index (κ3) is 7.60. The number of hydrogen-bond donors (Lipinski definition) is 0. The van der Waals surface area contributed by atoms with E-state index in [1.807, 2.05) is 11.1 Å². The van der Waals surface area contributed by atoms with Crippen LogP contribution >= 0.6 is 15.9 Å². The molecule has 0 unspecified atom stereocenters. The quantitative estimate of drug-likeness (QED) is 0.489. The first-order valence-corrected chi connectivity index (χ1v) is 4.65. The van der Waals surface area contributed by atoms with Crippen molar-refractivity contribution in [2.75, 3.05) is 0 Å². The second-order valence-electron chi connectivity index (χ2n) is 2.76. The van der Waals surface area contributed by atoms with Crippen LogP contribution in [-0.4, -0.2) is 0 Å².